The highest BCUT2D eigenvalue weighted by Crippen LogP contribution is 2.26. The number of hydrogen-bond donors (Lipinski definition) is 2. The quantitative estimate of drug-likeness (QED) is 0.632. The van der Waals surface area contributed by atoms with Crippen molar-refractivity contribution in [3.63, 3.8) is 0 Å². The van der Waals surface area contributed by atoms with Gasteiger partial charge in [0.1, 0.15) is 0 Å². The zero-order valence-electron chi connectivity index (χ0n) is 10.2. The normalized spacial score (nSPS) is 11.3. The third kappa shape index (κ3) is 3.02. The third-order valence-corrected chi connectivity index (χ3v) is 4.31. The lowest BCUT2D eigenvalue weighted by Crippen LogP contribution is -2.24. The molecule has 0 spiro atoms. The van der Waals surface area contributed by atoms with Gasteiger partial charge in [0.15, 0.2) is 0 Å². The van der Waals surface area contributed by atoms with E-state index >= 15 is 0 Å². The van der Waals surface area contributed by atoms with E-state index in [9.17, 15) is 13.2 Å². The van der Waals surface area contributed by atoms with Gasteiger partial charge in [0.2, 0.25) is 0 Å². The molecule has 0 aliphatic rings. The predicted molar refractivity (Wildman–Crippen MR) is 68.3 cm³/mol. The van der Waals surface area contributed by atoms with Gasteiger partial charge in [-0.05, 0) is 24.5 Å². The van der Waals surface area contributed by atoms with E-state index in [2.05, 4.69) is 0 Å². The van der Waals surface area contributed by atoms with Gasteiger partial charge in [-0.1, -0.05) is 4.89 Å². The second kappa shape index (κ2) is 5.70. The number of benzene rings is 1. The number of sulfonamides is 1. The first-order chi connectivity index (χ1) is 8.33. The average molecular weight is 290 g/mol. The molecule has 1 amide bonds. The lowest BCUT2D eigenvalue weighted by molar-refractivity contribution is 0.0827. The van der Waals surface area contributed by atoms with Crippen LogP contribution in [0.1, 0.15) is 10.4 Å². The molecule has 0 fully saturated rings. The molecule has 0 aliphatic carbocycles. The summed E-state index contributed by atoms with van der Waals surface area (Å²) in [6.45, 7) is 0. The van der Waals surface area contributed by atoms with Gasteiger partial charge in [-0.2, -0.15) is 0 Å². The van der Waals surface area contributed by atoms with Crippen LogP contribution in [-0.4, -0.2) is 44.8 Å². The molecule has 0 atom stereocenters. The van der Waals surface area contributed by atoms with Crippen LogP contribution in [0.3, 0.4) is 0 Å². The summed E-state index contributed by atoms with van der Waals surface area (Å²) < 4.78 is 23.3. The van der Waals surface area contributed by atoms with Gasteiger partial charge < -0.3 is 10.1 Å². The zero-order chi connectivity index (χ0) is 13.9. The molecule has 0 aliphatic heterocycles. The molecule has 1 aromatic rings. The molecular formula is C10H14N2O4S2. The molecule has 0 radical (unpaired) electrons. The molecule has 0 unspecified atom stereocenters. The minimum absolute atomic E-state index is 0.120. The van der Waals surface area contributed by atoms with E-state index in [1.54, 1.807) is 26.4 Å². The third-order valence-electron chi connectivity index (χ3n) is 2.23. The maximum absolute atomic E-state index is 11.8. The Bertz CT molecular complexity index is 555. The number of thioether (sulfide) groups is 1. The minimum atomic E-state index is -4.01. The first-order valence-corrected chi connectivity index (χ1v) is 7.60. The standard InChI is InChI=1S/C10H14N2O4S2/c1-12(2)10(13)7-4-5-8(17-3)9(6-7)18(15,16)11-14/h4-6,11,14H,1-3H3. The summed E-state index contributed by atoms with van der Waals surface area (Å²) in [5.74, 6) is -0.308. The molecule has 18 heavy (non-hydrogen) atoms. The molecule has 0 saturated heterocycles. The summed E-state index contributed by atoms with van der Waals surface area (Å²) in [4.78, 5) is 14.7. The van der Waals surface area contributed by atoms with E-state index in [4.69, 9.17) is 5.21 Å². The van der Waals surface area contributed by atoms with Crippen molar-refractivity contribution in [3.8, 4) is 0 Å². The fourth-order valence-electron chi connectivity index (χ4n) is 1.33. The first kappa shape index (κ1) is 15.0. The van der Waals surface area contributed by atoms with Crippen LogP contribution in [0, 0.1) is 0 Å². The van der Waals surface area contributed by atoms with Gasteiger partial charge >= 0.3 is 0 Å². The van der Waals surface area contributed by atoms with Crippen molar-refractivity contribution in [2.24, 2.45) is 0 Å². The van der Waals surface area contributed by atoms with E-state index in [0.29, 0.717) is 4.90 Å². The average Bonchev–Trinajstić information content (AvgIpc) is 2.36. The van der Waals surface area contributed by atoms with Crippen LogP contribution in [0.5, 0.6) is 0 Å². The lowest BCUT2D eigenvalue weighted by atomic mass is 10.2. The largest absolute Gasteiger partial charge is 0.345 e. The van der Waals surface area contributed by atoms with Crippen molar-refractivity contribution in [2.45, 2.75) is 9.79 Å². The summed E-state index contributed by atoms with van der Waals surface area (Å²) in [5.41, 5.74) is 0.242. The second-order valence-corrected chi connectivity index (χ2v) is 6.14. The summed E-state index contributed by atoms with van der Waals surface area (Å²) in [7, 11) is -0.863. The number of rotatable bonds is 4. The van der Waals surface area contributed by atoms with E-state index in [-0.39, 0.29) is 16.4 Å². The second-order valence-electron chi connectivity index (χ2n) is 3.66. The number of amides is 1. The Hall–Kier alpha value is -1.09. The highest BCUT2D eigenvalue weighted by atomic mass is 32.2. The Morgan fingerprint density at radius 1 is 1.39 bits per heavy atom. The van der Waals surface area contributed by atoms with Crippen molar-refractivity contribution in [2.75, 3.05) is 20.4 Å². The lowest BCUT2D eigenvalue weighted by Gasteiger charge is -2.13. The highest BCUT2D eigenvalue weighted by molar-refractivity contribution is 7.99. The molecule has 1 aromatic carbocycles. The van der Waals surface area contributed by atoms with Crippen LogP contribution in [0.15, 0.2) is 28.0 Å². The maximum Gasteiger partial charge on any atom is 0.263 e. The van der Waals surface area contributed by atoms with Gasteiger partial charge in [-0.15, -0.1) is 11.8 Å². The van der Waals surface area contributed by atoms with Gasteiger partial charge in [-0.3, -0.25) is 4.79 Å². The fourth-order valence-corrected chi connectivity index (χ4v) is 3.08. The van der Waals surface area contributed by atoms with E-state index in [0.717, 1.165) is 0 Å². The number of nitrogens with zero attached hydrogens (tertiary/aromatic N) is 1. The summed E-state index contributed by atoms with van der Waals surface area (Å²) >= 11 is 1.21. The minimum Gasteiger partial charge on any atom is -0.345 e. The fraction of sp³-hybridized carbons (Fsp3) is 0.300. The van der Waals surface area contributed by atoms with Crippen LogP contribution < -0.4 is 4.89 Å². The van der Waals surface area contributed by atoms with Crippen LogP contribution in [0.25, 0.3) is 0 Å². The van der Waals surface area contributed by atoms with Gasteiger partial charge in [0.05, 0.1) is 4.90 Å². The van der Waals surface area contributed by atoms with Crippen molar-refractivity contribution in [1.82, 2.24) is 9.79 Å². The molecule has 0 saturated carbocycles. The topological polar surface area (TPSA) is 86.7 Å². The molecule has 8 heteroatoms. The number of hydrogen-bond acceptors (Lipinski definition) is 5. The first-order valence-electron chi connectivity index (χ1n) is 4.89. The van der Waals surface area contributed by atoms with Crippen molar-refractivity contribution < 1.29 is 18.4 Å². The highest BCUT2D eigenvalue weighted by Gasteiger charge is 2.20. The monoisotopic (exact) mass is 290 g/mol. The molecule has 0 heterocycles. The Morgan fingerprint density at radius 3 is 2.44 bits per heavy atom. The van der Waals surface area contributed by atoms with E-state index in [1.807, 2.05) is 0 Å². The molecule has 0 bridgehead atoms. The van der Waals surface area contributed by atoms with Gasteiger partial charge in [0, 0.05) is 24.6 Å². The smallest absolute Gasteiger partial charge is 0.263 e. The molecular weight excluding hydrogens is 276 g/mol. The van der Waals surface area contributed by atoms with Crippen molar-refractivity contribution in [3.05, 3.63) is 23.8 Å². The van der Waals surface area contributed by atoms with E-state index in [1.165, 1.54) is 33.7 Å². The van der Waals surface area contributed by atoms with Crippen LogP contribution in [-0.2, 0) is 10.0 Å². The maximum atomic E-state index is 11.8. The molecule has 6 nitrogen and oxygen atoms in total. The number of carbonyl (C=O) groups excluding carboxylic acids is 1. The number of carbonyl (C=O) groups is 1. The Morgan fingerprint density at radius 2 is 2.00 bits per heavy atom. The van der Waals surface area contributed by atoms with Gasteiger partial charge in [-0.25, -0.2) is 8.42 Å². The summed E-state index contributed by atoms with van der Waals surface area (Å²) in [5, 5.41) is 8.66. The predicted octanol–water partition coefficient (Wildman–Crippen LogP) is 0.778. The van der Waals surface area contributed by atoms with Crippen LogP contribution in [0.2, 0.25) is 0 Å². The van der Waals surface area contributed by atoms with Gasteiger partial charge in [0.25, 0.3) is 15.9 Å². The Kier molecular flexibility index (Phi) is 4.74. The Labute approximate surface area is 110 Å². The van der Waals surface area contributed by atoms with Crippen molar-refractivity contribution in [1.29, 1.82) is 0 Å². The molecule has 100 valence electrons. The van der Waals surface area contributed by atoms with Crippen LogP contribution >= 0.6 is 11.8 Å². The zero-order valence-corrected chi connectivity index (χ0v) is 11.8. The Balaban J connectivity index is 3.40. The molecule has 0 aromatic heterocycles. The molecule has 2 N–H and O–H groups in total. The van der Waals surface area contributed by atoms with Crippen molar-refractivity contribution >= 4 is 27.7 Å². The molecule has 1 rings (SSSR count). The van der Waals surface area contributed by atoms with E-state index < -0.39 is 10.0 Å². The number of nitrogens with one attached hydrogen (secondary N) is 1. The summed E-state index contributed by atoms with van der Waals surface area (Å²) in [6, 6.07) is 4.32. The SMILES string of the molecule is CSc1ccc(C(=O)N(C)C)cc1S(=O)(=O)NO. The van der Waals surface area contributed by atoms with Crippen LogP contribution in [0.4, 0.5) is 0 Å². The summed E-state index contributed by atoms with van der Waals surface area (Å²) in [6.07, 6.45) is 1.71.